The zero-order valence-corrected chi connectivity index (χ0v) is 23.8. The van der Waals surface area contributed by atoms with E-state index in [9.17, 15) is 19.5 Å². The summed E-state index contributed by atoms with van der Waals surface area (Å²) in [4.78, 5) is 58.6. The second-order valence-corrected chi connectivity index (χ2v) is 10.7. The van der Waals surface area contributed by atoms with E-state index in [4.69, 9.17) is 9.47 Å². The smallest absolute Gasteiger partial charge is 0.338 e. The van der Waals surface area contributed by atoms with Crippen LogP contribution in [-0.4, -0.2) is 59.2 Å². The van der Waals surface area contributed by atoms with E-state index in [0.717, 1.165) is 17.6 Å². The van der Waals surface area contributed by atoms with E-state index in [0.29, 0.717) is 11.3 Å². The van der Waals surface area contributed by atoms with Gasteiger partial charge in [-0.05, 0) is 42.3 Å². The largest absolute Gasteiger partial charge is 0.503 e. The molecule has 1 aliphatic carbocycles. The van der Waals surface area contributed by atoms with Crippen molar-refractivity contribution in [2.45, 2.75) is 31.3 Å². The van der Waals surface area contributed by atoms with Crippen molar-refractivity contribution in [2.75, 3.05) is 19.1 Å². The van der Waals surface area contributed by atoms with Crippen molar-refractivity contribution in [1.29, 1.82) is 0 Å². The summed E-state index contributed by atoms with van der Waals surface area (Å²) in [5.41, 5.74) is -3.11. The molecule has 0 unspecified atom stereocenters. The average Bonchev–Trinajstić information content (AvgIpc) is 3.42. The van der Waals surface area contributed by atoms with Crippen molar-refractivity contribution in [3.63, 3.8) is 0 Å². The first-order valence-corrected chi connectivity index (χ1v) is 13.7. The molecule has 0 radical (unpaired) electrons. The molecule has 218 valence electrons. The summed E-state index contributed by atoms with van der Waals surface area (Å²) in [6, 6.07) is 24.3. The number of rotatable bonds is 6. The van der Waals surface area contributed by atoms with Crippen LogP contribution < -0.4 is 9.64 Å². The number of Topliss-reactive ketones (excluding diaryl/α,β-unsaturated/α-hetero) is 1. The van der Waals surface area contributed by atoms with Gasteiger partial charge in [0, 0.05) is 18.0 Å². The van der Waals surface area contributed by atoms with Crippen molar-refractivity contribution < 1.29 is 33.8 Å². The lowest BCUT2D eigenvalue weighted by Gasteiger charge is -2.54. The van der Waals surface area contributed by atoms with Gasteiger partial charge in [0.05, 0.1) is 32.0 Å². The molecule has 0 bridgehead atoms. The van der Waals surface area contributed by atoms with Crippen LogP contribution in [0.15, 0.2) is 101 Å². The first-order valence-electron chi connectivity index (χ1n) is 13.7. The Morgan fingerprint density at radius 3 is 2.19 bits per heavy atom. The third kappa shape index (κ3) is 3.68. The van der Waals surface area contributed by atoms with Gasteiger partial charge in [0.15, 0.2) is 17.1 Å². The van der Waals surface area contributed by atoms with Crippen molar-refractivity contribution in [3.05, 3.63) is 107 Å². The summed E-state index contributed by atoms with van der Waals surface area (Å²) in [5.74, 6) is -4.67. The molecule has 10 heteroatoms. The zero-order valence-electron chi connectivity index (χ0n) is 23.8. The van der Waals surface area contributed by atoms with E-state index < -0.39 is 51.8 Å². The highest BCUT2D eigenvalue weighted by molar-refractivity contribution is 6.31. The number of aliphatic hydroxyl groups excluding tert-OH is 1. The number of amides is 2. The molecular formula is C33H29N3O7. The SMILES string of the molecule is COC(=O)[C@]12C(=C(O)C(=O)N1c1ccc(OC)cc1)C(=O)C[C@H](c1ccccc1)[C@@]21C(=O)N(Cc2ccccc2)N=C1C. The van der Waals surface area contributed by atoms with Gasteiger partial charge in [-0.25, -0.2) is 9.80 Å². The molecule has 3 aromatic carbocycles. The van der Waals surface area contributed by atoms with E-state index in [-0.39, 0.29) is 24.4 Å². The maximum atomic E-state index is 15.1. The van der Waals surface area contributed by atoms with Crippen LogP contribution in [0.2, 0.25) is 0 Å². The lowest BCUT2D eigenvalue weighted by molar-refractivity contribution is -0.159. The number of anilines is 1. The predicted octanol–water partition coefficient (Wildman–Crippen LogP) is 3.93. The van der Waals surface area contributed by atoms with Crippen LogP contribution in [0.25, 0.3) is 0 Å². The second-order valence-electron chi connectivity index (χ2n) is 10.7. The number of carbonyl (C=O) groups is 4. The molecule has 6 rings (SSSR count). The number of benzene rings is 3. The number of methoxy groups -OCH3 is 2. The summed E-state index contributed by atoms with van der Waals surface area (Å²) in [6.45, 7) is 1.69. The molecule has 1 spiro atoms. The van der Waals surface area contributed by atoms with E-state index in [1.807, 2.05) is 30.3 Å². The second kappa shape index (κ2) is 10.2. The molecule has 2 heterocycles. The van der Waals surface area contributed by atoms with Gasteiger partial charge in [0.25, 0.3) is 11.8 Å². The lowest BCUT2D eigenvalue weighted by Crippen LogP contribution is -2.74. The molecule has 43 heavy (non-hydrogen) atoms. The third-order valence-electron chi connectivity index (χ3n) is 8.70. The molecular weight excluding hydrogens is 550 g/mol. The van der Waals surface area contributed by atoms with Crippen LogP contribution >= 0.6 is 0 Å². The maximum Gasteiger partial charge on any atom is 0.338 e. The minimum absolute atomic E-state index is 0.0764. The van der Waals surface area contributed by atoms with E-state index >= 15 is 4.79 Å². The fourth-order valence-electron chi connectivity index (χ4n) is 6.99. The molecule has 2 amide bonds. The van der Waals surface area contributed by atoms with E-state index in [1.165, 1.54) is 24.3 Å². The number of hydrogen-bond donors (Lipinski definition) is 1. The molecule has 10 nitrogen and oxygen atoms in total. The maximum absolute atomic E-state index is 15.1. The van der Waals surface area contributed by atoms with Crippen molar-refractivity contribution >= 4 is 35.0 Å². The molecule has 1 N–H and O–H groups in total. The van der Waals surface area contributed by atoms with Crippen LogP contribution in [0.1, 0.15) is 30.4 Å². The molecule has 3 aliphatic rings. The normalized spacial score (nSPS) is 24.9. The Labute approximate surface area is 247 Å². The third-order valence-corrected chi connectivity index (χ3v) is 8.70. The van der Waals surface area contributed by atoms with E-state index in [1.54, 1.807) is 49.4 Å². The van der Waals surface area contributed by atoms with Crippen LogP contribution in [0.5, 0.6) is 5.75 Å². The van der Waals surface area contributed by atoms with Gasteiger partial charge in [0.2, 0.25) is 0 Å². The molecule has 1 saturated carbocycles. The minimum Gasteiger partial charge on any atom is -0.503 e. The molecule has 0 saturated heterocycles. The van der Waals surface area contributed by atoms with Crippen LogP contribution in [0.3, 0.4) is 0 Å². The number of hydrogen-bond acceptors (Lipinski definition) is 8. The average molecular weight is 580 g/mol. The summed E-state index contributed by atoms with van der Waals surface area (Å²) in [5, 5.41) is 17.3. The van der Waals surface area contributed by atoms with Crippen molar-refractivity contribution in [3.8, 4) is 5.75 Å². The van der Waals surface area contributed by atoms with Gasteiger partial charge >= 0.3 is 5.97 Å². The number of nitrogens with zero attached hydrogens (tertiary/aromatic N) is 3. The highest BCUT2D eigenvalue weighted by atomic mass is 16.5. The van der Waals surface area contributed by atoms with Crippen molar-refractivity contribution in [1.82, 2.24) is 5.01 Å². The van der Waals surface area contributed by atoms with Crippen molar-refractivity contribution in [2.24, 2.45) is 10.5 Å². The molecule has 2 aliphatic heterocycles. The Balaban J connectivity index is 1.69. The quantitative estimate of drug-likeness (QED) is 0.439. The summed E-state index contributed by atoms with van der Waals surface area (Å²) in [7, 11) is 2.60. The van der Waals surface area contributed by atoms with Gasteiger partial charge in [0.1, 0.15) is 11.2 Å². The van der Waals surface area contributed by atoms with Gasteiger partial charge in [-0.1, -0.05) is 60.7 Å². The van der Waals surface area contributed by atoms with E-state index in [2.05, 4.69) is 5.10 Å². The number of hydrazone groups is 1. The zero-order chi connectivity index (χ0) is 30.5. The van der Waals surface area contributed by atoms with Crippen LogP contribution in [0, 0.1) is 5.41 Å². The number of fused-ring (bicyclic) bond motifs is 2. The first-order chi connectivity index (χ1) is 20.7. The number of carbonyl (C=O) groups excluding carboxylic acids is 4. The van der Waals surface area contributed by atoms with Gasteiger partial charge in [-0.15, -0.1) is 0 Å². The lowest BCUT2D eigenvalue weighted by atomic mass is 9.50. The molecule has 3 aromatic rings. The van der Waals surface area contributed by atoms with Gasteiger partial charge in [-0.3, -0.25) is 19.3 Å². The summed E-state index contributed by atoms with van der Waals surface area (Å²) < 4.78 is 10.7. The van der Waals surface area contributed by atoms with Crippen LogP contribution in [0.4, 0.5) is 5.69 Å². The number of ketones is 1. The molecule has 1 fully saturated rings. The number of esters is 1. The fourth-order valence-corrected chi connectivity index (χ4v) is 6.99. The predicted molar refractivity (Wildman–Crippen MR) is 156 cm³/mol. The standard InChI is InChI=1S/C33H29N3O7/c1-20-32(30(40)35(34-20)19-21-10-6-4-7-11-21)25(22-12-8-5-9-13-22)18-26(37)27-28(38)29(39)36(33(27,32)31(41)43-3)23-14-16-24(42-2)17-15-23/h4-17,25,38H,18-19H2,1-3H3/t25-,32+,33+/m1/s1. The topological polar surface area (TPSA) is 126 Å². The molecule has 3 atom stereocenters. The Kier molecular flexibility index (Phi) is 6.64. The number of aliphatic hydroxyl groups is 1. The summed E-state index contributed by atoms with van der Waals surface area (Å²) >= 11 is 0. The van der Waals surface area contributed by atoms with Crippen LogP contribution in [-0.2, 0) is 30.5 Å². The Bertz CT molecular complexity index is 1700. The fraction of sp³-hybridized carbons (Fsp3) is 0.242. The Morgan fingerprint density at radius 1 is 0.953 bits per heavy atom. The first kappa shape index (κ1) is 27.9. The van der Waals surface area contributed by atoms with Gasteiger partial charge in [-0.2, -0.15) is 5.10 Å². The Hall–Kier alpha value is -5.25. The minimum atomic E-state index is -2.41. The molecule has 0 aromatic heterocycles. The summed E-state index contributed by atoms with van der Waals surface area (Å²) in [6.07, 6.45) is -0.260. The highest BCUT2D eigenvalue weighted by Gasteiger charge is 2.81. The highest BCUT2D eigenvalue weighted by Crippen LogP contribution is 2.63. The number of ether oxygens (including phenoxy) is 2. The van der Waals surface area contributed by atoms with Gasteiger partial charge < -0.3 is 14.6 Å². The monoisotopic (exact) mass is 579 g/mol. The Morgan fingerprint density at radius 2 is 1.58 bits per heavy atom.